The summed E-state index contributed by atoms with van der Waals surface area (Å²) in [6, 6.07) is 0. The first kappa shape index (κ1) is 83.3. The second-order valence-electron chi connectivity index (χ2n) is 4.92. The maximum atomic E-state index is 8.89. The van der Waals surface area contributed by atoms with Crippen molar-refractivity contribution < 1.29 is 141 Å². The van der Waals surface area contributed by atoms with Crippen LogP contribution in [0.5, 0.6) is 0 Å². The van der Waals surface area contributed by atoms with E-state index < -0.39 is 59.7 Å². The number of carboxylic acids is 10. The fraction of sp³-hybridized carbons (Fsp3) is 0.500. The van der Waals surface area contributed by atoms with Gasteiger partial charge in [-0.3, -0.25) is 0 Å². The van der Waals surface area contributed by atoms with Crippen molar-refractivity contribution in [1.29, 1.82) is 0 Å². The van der Waals surface area contributed by atoms with Crippen LogP contribution in [-0.2, 0) is 58.9 Å². The molecule has 0 aromatic carbocycles. The van der Waals surface area contributed by atoms with Gasteiger partial charge in [0.1, 0.15) is 0 Å². The Morgan fingerprint density at radius 2 is 0.233 bits per heavy atom. The van der Waals surface area contributed by atoms with E-state index in [1.54, 1.807) is 0 Å². The van der Waals surface area contributed by atoms with Crippen LogP contribution < -0.4 is 51.1 Å². The van der Waals surface area contributed by atoms with Crippen LogP contribution in [0.15, 0.2) is 0 Å². The molecule has 0 spiro atoms. The summed E-state index contributed by atoms with van der Waals surface area (Å²) >= 11 is 0. The first-order valence-corrected chi connectivity index (χ1v) is 9.08. The van der Waals surface area contributed by atoms with Gasteiger partial charge in [-0.05, 0) is 69.2 Å². The predicted molar refractivity (Wildman–Crippen MR) is 119 cm³/mol. The molecule has 43 heavy (non-hydrogen) atoms. The predicted octanol–water partition coefficient (Wildman–Crippen LogP) is -14.8. The molecule has 0 saturated carbocycles. The van der Waals surface area contributed by atoms with E-state index in [9.17, 15) is 0 Å². The third-order valence-corrected chi connectivity index (χ3v) is 0. The largest absolute Gasteiger partial charge is 6.00 e. The summed E-state index contributed by atoms with van der Waals surface area (Å²) in [5, 5.41) is 88.9. The van der Waals surface area contributed by atoms with Crippen LogP contribution in [-0.4, -0.2) is 59.7 Å². The van der Waals surface area contributed by atoms with Gasteiger partial charge in [0.15, 0.2) is 0 Å². The van der Waals surface area contributed by atoms with Gasteiger partial charge in [0.2, 0.25) is 0 Å². The molecule has 0 aromatic rings. The fourth-order valence-corrected chi connectivity index (χ4v) is 0. The molecular weight excluding hydrogens is 830 g/mol. The summed E-state index contributed by atoms with van der Waals surface area (Å²) < 4.78 is 0. The first-order valence-electron chi connectivity index (χ1n) is 9.08. The van der Waals surface area contributed by atoms with Crippen molar-refractivity contribution in [2.24, 2.45) is 0 Å². The zero-order valence-electron chi connectivity index (χ0n) is 25.1. The minimum atomic E-state index is -1.08. The third kappa shape index (κ3) is 2560. The Hall–Kier alpha value is -4.33. The van der Waals surface area contributed by atoms with Gasteiger partial charge < -0.3 is 110 Å². The molecule has 0 bridgehead atoms. The smallest absolute Gasteiger partial charge is 0.873 e. The van der Waals surface area contributed by atoms with E-state index in [1.807, 2.05) is 0 Å². The van der Waals surface area contributed by atoms with Crippen molar-refractivity contribution in [3.05, 3.63) is 0 Å². The quantitative estimate of drug-likeness (QED) is 0.218. The number of rotatable bonds is 0. The summed E-state index contributed by atoms with van der Waals surface area (Å²) in [5.74, 6) is -10.8. The van der Waals surface area contributed by atoms with E-state index in [0.29, 0.717) is 0 Å². The Balaban J connectivity index is -0.0000000210. The molecule has 0 saturated heterocycles. The number of hydrogen-bond donors (Lipinski definition) is 0. The Morgan fingerprint density at radius 3 is 0.233 bits per heavy atom. The Kier molecular flexibility index (Phi) is 149. The molecule has 0 unspecified atom stereocenters. The summed E-state index contributed by atoms with van der Waals surface area (Å²) in [5.41, 5.74) is 0. The molecule has 0 amide bonds. The van der Waals surface area contributed by atoms with Gasteiger partial charge >= 0.3 is 31.1 Å². The zero-order valence-corrected chi connectivity index (χ0v) is 29.2. The minimum Gasteiger partial charge on any atom is -0.873 e. The molecule has 23 heteroatoms. The summed E-state index contributed by atoms with van der Waals surface area (Å²) in [6.45, 7) is 9.72. The van der Waals surface area contributed by atoms with Gasteiger partial charge in [-0.2, -0.15) is 0 Å². The number of hydrogen-bond acceptors (Lipinski definition) is 20. The Morgan fingerprint density at radius 1 is 0.233 bits per heavy atom. The Labute approximate surface area is 269 Å². The standard InChI is InChI=1S/10C2H4O2.2H4O.U/c10*1-2(3)4;;;/h10*1H3,(H,3,4);2*1H4;/q;;;;;;;;;;2*+2;+6/p-10. The van der Waals surface area contributed by atoms with E-state index >= 15 is 0 Å². The number of carbonyl (C=O) groups is 10. The van der Waals surface area contributed by atoms with Crippen LogP contribution >= 0.6 is 0 Å². The van der Waals surface area contributed by atoms with Gasteiger partial charge in [-0.1, -0.05) is 0 Å². The van der Waals surface area contributed by atoms with Gasteiger partial charge in [-0.25, -0.2) is 0 Å². The van der Waals surface area contributed by atoms with Crippen molar-refractivity contribution in [2.75, 3.05) is 0 Å². The van der Waals surface area contributed by atoms with Gasteiger partial charge in [0, 0.05) is 59.7 Å². The average molecular weight is 869 g/mol. The molecular formula is C20H38O22U. The van der Waals surface area contributed by atoms with Crippen molar-refractivity contribution >= 4 is 59.7 Å². The minimum absolute atomic E-state index is 0. The van der Waals surface area contributed by atoms with E-state index in [2.05, 4.69) is 0 Å². The van der Waals surface area contributed by atoms with Crippen molar-refractivity contribution in [3.63, 3.8) is 0 Å². The summed E-state index contributed by atoms with van der Waals surface area (Å²) in [6.07, 6.45) is 0. The number of carbonyl (C=O) groups excluding carboxylic acids is 10. The van der Waals surface area contributed by atoms with Crippen LogP contribution in [0.4, 0.5) is 0 Å². The van der Waals surface area contributed by atoms with Gasteiger partial charge in [-0.15, -0.1) is 0 Å². The third-order valence-electron chi connectivity index (χ3n) is 0. The van der Waals surface area contributed by atoms with Crippen molar-refractivity contribution in [1.82, 2.24) is 0 Å². The molecule has 0 atom stereocenters. The molecule has 0 aromatic heterocycles. The van der Waals surface area contributed by atoms with Crippen LogP contribution in [0.2, 0.25) is 0 Å². The molecule has 0 radical (unpaired) electrons. The molecule has 0 heterocycles. The van der Waals surface area contributed by atoms with E-state index in [-0.39, 0.29) is 42.1 Å². The van der Waals surface area contributed by atoms with E-state index in [4.69, 9.17) is 99.0 Å². The maximum Gasteiger partial charge on any atom is 6.00 e. The molecule has 8 N–H and O–H groups in total. The monoisotopic (exact) mass is 868 g/mol. The number of aliphatic carboxylic acids is 10. The molecule has 0 rings (SSSR count). The maximum absolute atomic E-state index is 8.89. The van der Waals surface area contributed by atoms with Gasteiger partial charge in [0.25, 0.3) is 0 Å². The molecule has 0 aliphatic carbocycles. The molecule has 22 nitrogen and oxygen atoms in total. The molecule has 0 aliphatic heterocycles. The molecule has 0 aliphatic rings. The first-order chi connectivity index (χ1) is 17.3. The fourth-order valence-electron chi connectivity index (χ4n) is 0. The van der Waals surface area contributed by atoms with Crippen LogP contribution in [0.3, 0.4) is 0 Å². The van der Waals surface area contributed by atoms with Crippen LogP contribution in [0.25, 0.3) is 0 Å². The topological polar surface area (TPSA) is 470 Å². The van der Waals surface area contributed by atoms with Crippen molar-refractivity contribution in [2.45, 2.75) is 69.2 Å². The van der Waals surface area contributed by atoms with E-state index in [1.165, 1.54) is 0 Å². The van der Waals surface area contributed by atoms with Crippen LogP contribution in [0, 0.1) is 31.1 Å². The van der Waals surface area contributed by atoms with Gasteiger partial charge in [0.05, 0.1) is 0 Å². The SMILES string of the molecule is CC(=O)[O-].CC(=O)[O-].CC(=O)[O-].CC(=O)[O-].CC(=O)[O-].CC(=O)[O-].CC(=O)[O-].CC(=O)[O-].CC(=O)[O-].CC(=O)[O-].[OH4+2].[OH4+2].[U+6]. The van der Waals surface area contributed by atoms with E-state index in [0.717, 1.165) is 69.2 Å². The van der Waals surface area contributed by atoms with Crippen molar-refractivity contribution in [3.8, 4) is 0 Å². The second kappa shape index (κ2) is 76.9. The van der Waals surface area contributed by atoms with Crippen LogP contribution in [0.1, 0.15) is 69.2 Å². The molecule has 0 fully saturated rings. The summed E-state index contributed by atoms with van der Waals surface area (Å²) in [4.78, 5) is 88.9. The Bertz CT molecular complexity index is 478. The number of carboxylic acid groups (broad SMARTS) is 10. The summed E-state index contributed by atoms with van der Waals surface area (Å²) in [7, 11) is 0. The average Bonchev–Trinajstić information content (AvgIpc) is 2.47. The second-order valence-corrected chi connectivity index (χ2v) is 4.92. The molecule has 254 valence electrons. The normalized spacial score (nSPS) is 5.81. The zero-order chi connectivity index (χ0) is 35.8.